The summed E-state index contributed by atoms with van der Waals surface area (Å²) in [5.41, 5.74) is 0. The first-order chi connectivity index (χ1) is 2.81. The summed E-state index contributed by atoms with van der Waals surface area (Å²) in [6, 6.07) is 0. The third-order valence-corrected chi connectivity index (χ3v) is 4.74. The molecule has 0 rings (SSSR count). The molecular formula is C2H7Cl3CrN. The molecule has 0 aliphatic heterocycles. The Hall–Kier alpha value is 1.36. The van der Waals surface area contributed by atoms with E-state index in [4.69, 9.17) is 34.9 Å². The molecule has 0 aliphatic carbocycles. The topological polar surface area (TPSA) is 26.0 Å². The minimum absolute atomic E-state index is 0.477. The van der Waals surface area contributed by atoms with Crippen molar-refractivity contribution in [2.75, 3.05) is 0 Å². The Morgan fingerprint density at radius 1 is 1.43 bits per heavy atom. The van der Waals surface area contributed by atoms with E-state index in [-0.39, 0.29) is 0 Å². The summed E-state index contributed by atoms with van der Waals surface area (Å²) >= 11 is 0. The van der Waals surface area contributed by atoms with Crippen LogP contribution < -0.4 is 4.72 Å². The molecule has 0 heterocycles. The molecule has 0 fully saturated rings. The minimum atomic E-state index is -3.50. The van der Waals surface area contributed by atoms with Crippen LogP contribution in [-0.4, -0.2) is 0 Å². The van der Waals surface area contributed by atoms with Crippen molar-refractivity contribution in [3.8, 4) is 0 Å². The van der Waals surface area contributed by atoms with E-state index >= 15 is 0 Å². The Kier molecular flexibility index (Phi) is 2.33. The van der Waals surface area contributed by atoms with Gasteiger partial charge in [-0.05, 0) is 0 Å². The zero-order valence-corrected chi connectivity index (χ0v) is 7.37. The maximum absolute atomic E-state index is 5.45. The summed E-state index contributed by atoms with van der Waals surface area (Å²) in [6.45, 7) is 1.77. The molecule has 0 unspecified atom stereocenters. The van der Waals surface area contributed by atoms with Crippen LogP contribution in [0.4, 0.5) is 0 Å². The second kappa shape index (κ2) is 1.95. The van der Waals surface area contributed by atoms with E-state index in [1.165, 1.54) is 0 Å². The SMILES string of the molecule is C[CH2][Cr]([NH2])([Cl])([Cl])[Cl]. The molecule has 0 bridgehead atoms. The summed E-state index contributed by atoms with van der Waals surface area (Å²) < 4.78 is 5.24. The zero-order valence-electron chi connectivity index (χ0n) is 3.83. The summed E-state index contributed by atoms with van der Waals surface area (Å²) in [6.07, 6.45) is 0. The van der Waals surface area contributed by atoms with Gasteiger partial charge in [0.1, 0.15) is 0 Å². The van der Waals surface area contributed by atoms with Crippen LogP contribution in [0.5, 0.6) is 0 Å². The quantitative estimate of drug-likeness (QED) is 0.696. The number of nitrogens with two attached hydrogens (primary N) is 1. The van der Waals surface area contributed by atoms with Crippen LogP contribution in [0, 0.1) is 0 Å². The van der Waals surface area contributed by atoms with Crippen LogP contribution in [0.1, 0.15) is 6.92 Å². The molecule has 0 amide bonds. The van der Waals surface area contributed by atoms with Crippen LogP contribution >= 0.6 is 30.1 Å². The van der Waals surface area contributed by atoms with Gasteiger partial charge in [-0.1, -0.05) is 0 Å². The van der Waals surface area contributed by atoms with Gasteiger partial charge in [-0.15, -0.1) is 0 Å². The fourth-order valence-corrected chi connectivity index (χ4v) is 0. The van der Waals surface area contributed by atoms with Crippen LogP contribution in [0.3, 0.4) is 0 Å². The fourth-order valence-electron chi connectivity index (χ4n) is 0. The molecule has 0 aliphatic rings. The average molecular weight is 203 g/mol. The van der Waals surface area contributed by atoms with Crippen molar-refractivity contribution in [2.45, 2.75) is 12.2 Å². The molecule has 2 N–H and O–H groups in total. The van der Waals surface area contributed by atoms with Gasteiger partial charge in [-0.2, -0.15) is 0 Å². The first-order valence-electron chi connectivity index (χ1n) is 1.69. The summed E-state index contributed by atoms with van der Waals surface area (Å²) in [5.74, 6) is 0. The zero-order chi connectivity index (χ0) is 6.15. The standard InChI is InChI=1S/C2H5.3ClH.Cr.H2N/c1-2;;;;;/h1H2,2H3;3*1H;;1H2/q;;;;+4;-1/p-3. The monoisotopic (exact) mass is 202 g/mol. The van der Waals surface area contributed by atoms with Gasteiger partial charge in [0, 0.05) is 0 Å². The predicted octanol–water partition coefficient (Wildman–Crippen LogP) is 2.45. The summed E-state index contributed by atoms with van der Waals surface area (Å²) in [7, 11) is 12.8. The second-order valence-corrected chi connectivity index (χ2v) is 15.7. The van der Waals surface area contributed by atoms with Crippen LogP contribution in [0.15, 0.2) is 0 Å². The number of hydrogen-bond acceptors (Lipinski definition) is 1. The van der Waals surface area contributed by atoms with Crippen molar-refractivity contribution in [3.63, 3.8) is 0 Å². The van der Waals surface area contributed by atoms with E-state index in [2.05, 4.69) is 0 Å². The fraction of sp³-hybridized carbons (Fsp3) is 1.00. The summed E-state index contributed by atoms with van der Waals surface area (Å²) in [4.78, 5) is 0. The Balaban J connectivity index is 3.83. The Morgan fingerprint density at radius 3 is 1.57 bits per heavy atom. The van der Waals surface area contributed by atoms with Crippen molar-refractivity contribution in [1.82, 2.24) is 0 Å². The van der Waals surface area contributed by atoms with Gasteiger partial charge in [0.25, 0.3) is 0 Å². The van der Waals surface area contributed by atoms with Crippen LogP contribution in [0.2, 0.25) is 5.28 Å². The number of halogens is 3. The average Bonchev–Trinajstić information content (AvgIpc) is 1.32. The Morgan fingerprint density at radius 2 is 1.57 bits per heavy atom. The molecule has 0 aromatic carbocycles. The van der Waals surface area contributed by atoms with E-state index < -0.39 is 9.46 Å². The third-order valence-electron chi connectivity index (χ3n) is 0.494. The molecule has 0 aromatic rings. The van der Waals surface area contributed by atoms with Gasteiger partial charge in [0.15, 0.2) is 0 Å². The van der Waals surface area contributed by atoms with E-state index in [0.717, 1.165) is 0 Å². The Labute approximate surface area is 56.5 Å². The molecule has 0 atom stereocenters. The van der Waals surface area contributed by atoms with E-state index in [9.17, 15) is 0 Å². The van der Waals surface area contributed by atoms with E-state index in [1.54, 1.807) is 6.92 Å². The predicted molar refractivity (Wildman–Crippen MR) is 32.2 cm³/mol. The molecule has 5 heteroatoms. The van der Waals surface area contributed by atoms with Gasteiger partial charge >= 0.3 is 56.5 Å². The van der Waals surface area contributed by atoms with Crippen LogP contribution in [-0.2, 0) is 9.46 Å². The molecule has 0 aromatic heterocycles. The maximum atomic E-state index is 5.45. The first-order valence-corrected chi connectivity index (χ1v) is 8.60. The molecule has 47 valence electrons. The molecule has 0 saturated carbocycles. The van der Waals surface area contributed by atoms with Gasteiger partial charge < -0.3 is 0 Å². The number of rotatable bonds is 1. The number of hydrogen-bond donors (Lipinski definition) is 1. The van der Waals surface area contributed by atoms with Crippen molar-refractivity contribution >= 4 is 30.1 Å². The third kappa shape index (κ3) is 7.36. The summed E-state index contributed by atoms with van der Waals surface area (Å²) in [5, 5.41) is 0.477. The first kappa shape index (κ1) is 8.36. The van der Waals surface area contributed by atoms with E-state index in [0.29, 0.717) is 5.28 Å². The van der Waals surface area contributed by atoms with Gasteiger partial charge in [-0.25, -0.2) is 0 Å². The molecule has 1 nitrogen and oxygen atoms in total. The second-order valence-electron chi connectivity index (χ2n) is 1.22. The normalized spacial score (nSPS) is 18.1. The van der Waals surface area contributed by atoms with Gasteiger partial charge in [0.2, 0.25) is 0 Å². The van der Waals surface area contributed by atoms with Crippen molar-refractivity contribution in [1.29, 1.82) is 0 Å². The van der Waals surface area contributed by atoms with Crippen molar-refractivity contribution in [2.24, 2.45) is 4.72 Å². The Bertz CT molecular complexity index is 65.5. The van der Waals surface area contributed by atoms with Crippen molar-refractivity contribution < 1.29 is 9.46 Å². The van der Waals surface area contributed by atoms with Crippen LogP contribution in [0.25, 0.3) is 0 Å². The van der Waals surface area contributed by atoms with Gasteiger partial charge in [0.05, 0.1) is 0 Å². The molecular weight excluding hydrogens is 196 g/mol. The molecule has 0 saturated heterocycles. The molecule has 7 heavy (non-hydrogen) atoms. The van der Waals surface area contributed by atoms with Crippen molar-refractivity contribution in [3.05, 3.63) is 0 Å². The van der Waals surface area contributed by atoms with E-state index in [1.807, 2.05) is 0 Å². The molecule has 0 spiro atoms. The van der Waals surface area contributed by atoms with Gasteiger partial charge in [-0.3, -0.25) is 0 Å². The molecule has 0 radical (unpaired) electrons.